The van der Waals surface area contributed by atoms with E-state index in [2.05, 4.69) is 13.8 Å². The van der Waals surface area contributed by atoms with E-state index in [0.29, 0.717) is 12.3 Å². The van der Waals surface area contributed by atoms with Crippen molar-refractivity contribution in [1.82, 2.24) is 0 Å². The van der Waals surface area contributed by atoms with Gasteiger partial charge < -0.3 is 0 Å². The van der Waals surface area contributed by atoms with Crippen LogP contribution in [0.4, 0.5) is 0 Å². The summed E-state index contributed by atoms with van der Waals surface area (Å²) in [7, 11) is 0. The van der Waals surface area contributed by atoms with Crippen molar-refractivity contribution in [3.63, 3.8) is 0 Å². The smallest absolute Gasteiger partial charge is 0.173 e. The van der Waals surface area contributed by atoms with Gasteiger partial charge in [0.2, 0.25) is 0 Å². The number of thiophene rings is 1. The fraction of sp³-hybridized carbons (Fsp3) is 0.357. The SMILES string of the molecule is Cc1c(C(=O)CC(C)C)sc2ccc(Cl)cc12. The summed E-state index contributed by atoms with van der Waals surface area (Å²) in [6.45, 7) is 6.14. The van der Waals surface area contributed by atoms with Crippen molar-refractivity contribution in [2.45, 2.75) is 27.2 Å². The second-order valence-electron chi connectivity index (χ2n) is 4.72. The molecule has 1 aromatic carbocycles. The highest BCUT2D eigenvalue weighted by Crippen LogP contribution is 2.33. The van der Waals surface area contributed by atoms with E-state index in [9.17, 15) is 4.79 Å². The van der Waals surface area contributed by atoms with Crippen LogP contribution < -0.4 is 0 Å². The van der Waals surface area contributed by atoms with Gasteiger partial charge in [-0.15, -0.1) is 11.3 Å². The molecule has 0 fully saturated rings. The Kier molecular flexibility index (Phi) is 3.55. The van der Waals surface area contributed by atoms with Crippen molar-refractivity contribution in [2.24, 2.45) is 5.92 Å². The second-order valence-corrected chi connectivity index (χ2v) is 6.21. The van der Waals surface area contributed by atoms with Crippen LogP contribution in [0.25, 0.3) is 10.1 Å². The first-order chi connectivity index (χ1) is 7.99. The molecule has 0 saturated carbocycles. The van der Waals surface area contributed by atoms with Crippen LogP contribution in [0.5, 0.6) is 0 Å². The molecule has 0 aliphatic heterocycles. The molecule has 0 atom stereocenters. The van der Waals surface area contributed by atoms with Crippen LogP contribution in [0.15, 0.2) is 18.2 Å². The lowest BCUT2D eigenvalue weighted by Crippen LogP contribution is -2.02. The number of hydrogen-bond acceptors (Lipinski definition) is 2. The van der Waals surface area contributed by atoms with Gasteiger partial charge in [-0.25, -0.2) is 0 Å². The number of ketones is 1. The first-order valence-corrected chi connectivity index (χ1v) is 6.90. The number of rotatable bonds is 3. The Balaban J connectivity index is 2.49. The Labute approximate surface area is 110 Å². The fourth-order valence-corrected chi connectivity index (χ4v) is 3.23. The molecule has 0 aliphatic rings. The van der Waals surface area contributed by atoms with Crippen LogP contribution in [0.2, 0.25) is 5.02 Å². The van der Waals surface area contributed by atoms with Crippen molar-refractivity contribution < 1.29 is 4.79 Å². The zero-order chi connectivity index (χ0) is 12.6. The summed E-state index contributed by atoms with van der Waals surface area (Å²) in [6, 6.07) is 5.80. The molecule has 0 N–H and O–H groups in total. The summed E-state index contributed by atoms with van der Waals surface area (Å²) < 4.78 is 1.14. The van der Waals surface area contributed by atoms with Gasteiger partial charge in [0.05, 0.1) is 4.88 Å². The van der Waals surface area contributed by atoms with Crippen molar-refractivity contribution >= 4 is 38.8 Å². The van der Waals surface area contributed by atoms with Crippen molar-refractivity contribution in [3.05, 3.63) is 33.7 Å². The zero-order valence-electron chi connectivity index (χ0n) is 10.2. The van der Waals surface area contributed by atoms with Gasteiger partial charge in [-0.1, -0.05) is 25.4 Å². The zero-order valence-corrected chi connectivity index (χ0v) is 11.8. The number of hydrogen-bond donors (Lipinski definition) is 0. The third-order valence-electron chi connectivity index (χ3n) is 2.75. The number of fused-ring (bicyclic) bond motifs is 1. The molecule has 0 spiro atoms. The topological polar surface area (TPSA) is 17.1 Å². The van der Waals surface area contributed by atoms with Gasteiger partial charge in [0, 0.05) is 16.1 Å². The molecule has 0 amide bonds. The summed E-state index contributed by atoms with van der Waals surface area (Å²) in [4.78, 5) is 13.0. The molecule has 1 aromatic heterocycles. The molecule has 17 heavy (non-hydrogen) atoms. The number of benzene rings is 1. The van der Waals surface area contributed by atoms with Gasteiger partial charge in [-0.3, -0.25) is 4.79 Å². The molecule has 1 nitrogen and oxygen atoms in total. The molecular formula is C14H15ClOS. The van der Waals surface area contributed by atoms with Crippen molar-refractivity contribution in [3.8, 4) is 0 Å². The van der Waals surface area contributed by atoms with Crippen LogP contribution in [0.1, 0.15) is 35.5 Å². The highest BCUT2D eigenvalue weighted by molar-refractivity contribution is 7.21. The molecule has 2 rings (SSSR count). The van der Waals surface area contributed by atoms with Crippen molar-refractivity contribution in [2.75, 3.05) is 0 Å². The monoisotopic (exact) mass is 266 g/mol. The quantitative estimate of drug-likeness (QED) is 0.707. The molecule has 0 saturated heterocycles. The van der Waals surface area contributed by atoms with Gasteiger partial charge >= 0.3 is 0 Å². The average Bonchev–Trinajstić information content (AvgIpc) is 2.55. The summed E-state index contributed by atoms with van der Waals surface area (Å²) >= 11 is 7.56. The maximum atomic E-state index is 12.1. The maximum Gasteiger partial charge on any atom is 0.173 e. The molecule has 1 heterocycles. The van der Waals surface area contributed by atoms with E-state index in [1.54, 1.807) is 11.3 Å². The fourth-order valence-electron chi connectivity index (χ4n) is 1.92. The van der Waals surface area contributed by atoms with Crippen molar-refractivity contribution in [1.29, 1.82) is 0 Å². The van der Waals surface area contributed by atoms with Crippen LogP contribution in [0.3, 0.4) is 0 Å². The molecule has 2 aromatic rings. The van der Waals surface area contributed by atoms with Gasteiger partial charge in [0.25, 0.3) is 0 Å². The van der Waals surface area contributed by atoms with Crippen LogP contribution in [-0.2, 0) is 0 Å². The molecule has 3 heteroatoms. The molecule has 0 aliphatic carbocycles. The first-order valence-electron chi connectivity index (χ1n) is 5.71. The van der Waals surface area contributed by atoms with Gasteiger partial charge in [-0.2, -0.15) is 0 Å². The van der Waals surface area contributed by atoms with Crippen LogP contribution >= 0.6 is 22.9 Å². The minimum atomic E-state index is 0.245. The lowest BCUT2D eigenvalue weighted by molar-refractivity contribution is 0.0971. The summed E-state index contributed by atoms with van der Waals surface area (Å²) in [5, 5.41) is 1.83. The Morgan fingerprint density at radius 3 is 2.76 bits per heavy atom. The first kappa shape index (κ1) is 12.6. The minimum absolute atomic E-state index is 0.245. The Bertz CT molecular complexity index is 569. The number of Topliss-reactive ketones (excluding diaryl/α,β-unsaturated/α-hetero) is 1. The number of aryl methyl sites for hydroxylation is 1. The van der Waals surface area contributed by atoms with E-state index in [1.807, 2.05) is 25.1 Å². The third-order valence-corrected chi connectivity index (χ3v) is 4.29. The molecular weight excluding hydrogens is 252 g/mol. The van der Waals surface area contributed by atoms with E-state index >= 15 is 0 Å². The molecule has 0 radical (unpaired) electrons. The van der Waals surface area contributed by atoms with Crippen LogP contribution in [-0.4, -0.2) is 5.78 Å². The summed E-state index contributed by atoms with van der Waals surface area (Å²) in [5.74, 6) is 0.644. The number of carbonyl (C=O) groups is 1. The van der Waals surface area contributed by atoms with Gasteiger partial charge in [0.15, 0.2) is 5.78 Å². The Morgan fingerprint density at radius 1 is 1.41 bits per heavy atom. The van der Waals surface area contributed by atoms with Crippen LogP contribution in [0, 0.1) is 12.8 Å². The Hall–Kier alpha value is -0.860. The number of halogens is 1. The normalized spacial score (nSPS) is 11.4. The predicted octanol–water partition coefficient (Wildman–Crippen LogP) is 5.09. The molecule has 90 valence electrons. The minimum Gasteiger partial charge on any atom is -0.293 e. The van der Waals surface area contributed by atoms with Gasteiger partial charge in [-0.05, 0) is 42.0 Å². The lowest BCUT2D eigenvalue weighted by Gasteiger charge is -2.02. The molecule has 0 unspecified atom stereocenters. The number of carbonyl (C=O) groups excluding carboxylic acids is 1. The lowest BCUT2D eigenvalue weighted by atomic mass is 10.0. The highest BCUT2D eigenvalue weighted by atomic mass is 35.5. The van der Waals surface area contributed by atoms with E-state index in [0.717, 1.165) is 25.5 Å². The third kappa shape index (κ3) is 2.53. The standard InChI is InChI=1S/C14H15ClOS/c1-8(2)6-12(16)14-9(3)11-7-10(15)4-5-13(11)17-14/h4-5,7-8H,6H2,1-3H3. The van der Waals surface area contributed by atoms with E-state index in [-0.39, 0.29) is 5.78 Å². The Morgan fingerprint density at radius 2 is 2.12 bits per heavy atom. The highest BCUT2D eigenvalue weighted by Gasteiger charge is 2.16. The largest absolute Gasteiger partial charge is 0.293 e. The second kappa shape index (κ2) is 4.79. The van der Waals surface area contributed by atoms with Gasteiger partial charge in [0.1, 0.15) is 0 Å². The summed E-state index contributed by atoms with van der Waals surface area (Å²) in [5.41, 5.74) is 1.07. The van der Waals surface area contributed by atoms with E-state index in [4.69, 9.17) is 11.6 Å². The van der Waals surface area contributed by atoms with E-state index in [1.165, 1.54) is 0 Å². The summed E-state index contributed by atoms with van der Waals surface area (Å²) in [6.07, 6.45) is 0.612. The van der Waals surface area contributed by atoms with E-state index < -0.39 is 0 Å². The molecule has 0 bridgehead atoms. The predicted molar refractivity (Wildman–Crippen MR) is 75.4 cm³/mol. The maximum absolute atomic E-state index is 12.1. The average molecular weight is 267 g/mol.